The molecular weight excluding hydrogens is 804 g/mol. The molecule has 0 heterocycles. The van der Waals surface area contributed by atoms with E-state index in [-0.39, 0.29) is 63.4 Å². The predicted molar refractivity (Wildman–Crippen MR) is 186 cm³/mol. The highest BCUT2D eigenvalue weighted by atomic mass is 17.0. The highest BCUT2D eigenvalue weighted by Gasteiger charge is 2.21. The van der Waals surface area contributed by atoms with Crippen LogP contribution in [0.2, 0.25) is 0 Å². The lowest BCUT2D eigenvalue weighted by Crippen LogP contribution is -2.24. The number of hydrogen-bond donors (Lipinski definition) is 0. The number of rotatable bonds is 30. The summed E-state index contributed by atoms with van der Waals surface area (Å²) in [4.78, 5) is 125. The highest BCUT2D eigenvalue weighted by Crippen LogP contribution is 2.19. The van der Waals surface area contributed by atoms with E-state index in [2.05, 4.69) is 27.6 Å². The topological polar surface area (TPSA) is 324 Å². The maximum Gasteiger partial charge on any atom is 0.349 e. The standard InChI is InChI=1S/C34H38N2O23/c1-3-23(33(43)54-19-29(39)50-13-7-9-15-56-35(45)46)25(4-2)58-31(41)21-52-27(37)17-49-18-28(38)53-22-32(42)59-26-12-6-5-11-24(26)34(44)55-20-30(40)51-14-8-10-16-57-36(47)48/h3-6,11-12H,1-2,7-10,13-22H2/b25-23-. The summed E-state index contributed by atoms with van der Waals surface area (Å²) in [6.07, 6.45) is 2.79. The van der Waals surface area contributed by atoms with Crippen molar-refractivity contribution in [1.29, 1.82) is 0 Å². The second-order valence-corrected chi connectivity index (χ2v) is 10.6. The van der Waals surface area contributed by atoms with Crippen LogP contribution in [0, 0.1) is 20.2 Å². The molecule has 0 aliphatic rings. The molecule has 25 heteroatoms. The van der Waals surface area contributed by atoms with Gasteiger partial charge in [-0.25, -0.2) is 38.4 Å². The maximum atomic E-state index is 12.5. The molecule has 0 fully saturated rings. The molecule has 59 heavy (non-hydrogen) atoms. The lowest BCUT2D eigenvalue weighted by molar-refractivity contribution is -0.757. The first kappa shape index (κ1) is 49.6. The molecule has 0 radical (unpaired) electrons. The largest absolute Gasteiger partial charge is 0.463 e. The van der Waals surface area contributed by atoms with Crippen LogP contribution in [0.15, 0.2) is 60.9 Å². The molecule has 25 nitrogen and oxygen atoms in total. The van der Waals surface area contributed by atoms with Crippen LogP contribution < -0.4 is 4.74 Å². The average molecular weight is 843 g/mol. The van der Waals surface area contributed by atoms with Gasteiger partial charge in [0.05, 0.1) is 26.4 Å². The van der Waals surface area contributed by atoms with Crippen molar-refractivity contribution in [2.75, 3.05) is 66.1 Å². The Kier molecular flexibility index (Phi) is 24.3. The van der Waals surface area contributed by atoms with Crippen molar-refractivity contribution in [1.82, 2.24) is 0 Å². The molecule has 0 spiro atoms. The van der Waals surface area contributed by atoms with Crippen LogP contribution >= 0.6 is 0 Å². The minimum Gasteiger partial charge on any atom is -0.463 e. The van der Waals surface area contributed by atoms with E-state index in [9.17, 15) is 58.6 Å². The second-order valence-electron chi connectivity index (χ2n) is 10.6. The lowest BCUT2D eigenvalue weighted by Gasteiger charge is -2.11. The minimum absolute atomic E-state index is 0.114. The first-order valence-corrected chi connectivity index (χ1v) is 16.7. The Morgan fingerprint density at radius 2 is 1.03 bits per heavy atom. The number of esters is 8. The summed E-state index contributed by atoms with van der Waals surface area (Å²) in [6, 6.07) is 5.23. The molecule has 0 amide bonds. The zero-order valence-electron chi connectivity index (χ0n) is 31.1. The maximum absolute atomic E-state index is 12.5. The molecule has 0 aromatic heterocycles. The fraction of sp³-hybridized carbons (Fsp3) is 0.412. The van der Waals surface area contributed by atoms with Gasteiger partial charge in [-0.15, -0.1) is 20.2 Å². The van der Waals surface area contributed by atoms with Gasteiger partial charge in [0.15, 0.2) is 26.4 Å². The Bertz CT molecular complexity index is 1720. The molecule has 0 bridgehead atoms. The quantitative estimate of drug-likeness (QED) is 0.0118. The molecule has 0 N–H and O–H groups in total. The van der Waals surface area contributed by atoms with Gasteiger partial charge in [0.2, 0.25) is 0 Å². The monoisotopic (exact) mass is 842 g/mol. The van der Waals surface area contributed by atoms with Gasteiger partial charge in [-0.2, -0.15) is 0 Å². The number of benzene rings is 1. The van der Waals surface area contributed by atoms with E-state index in [1.165, 1.54) is 24.3 Å². The van der Waals surface area contributed by atoms with Gasteiger partial charge in [-0.3, -0.25) is 0 Å². The number of carbonyl (C=O) groups is 8. The van der Waals surface area contributed by atoms with Crippen LogP contribution in [0.4, 0.5) is 0 Å². The number of allylic oxidation sites excluding steroid dienone is 1. The number of nitrogens with zero attached hydrogens (tertiary/aromatic N) is 2. The van der Waals surface area contributed by atoms with E-state index >= 15 is 0 Å². The molecule has 0 aliphatic heterocycles. The summed E-state index contributed by atoms with van der Waals surface area (Å²) in [5.41, 5.74) is -0.707. The van der Waals surface area contributed by atoms with Gasteiger partial charge in [0.25, 0.3) is 10.2 Å². The normalized spacial score (nSPS) is 10.6. The van der Waals surface area contributed by atoms with Crippen LogP contribution in [0.5, 0.6) is 5.75 Å². The molecule has 0 aliphatic carbocycles. The van der Waals surface area contributed by atoms with Gasteiger partial charge >= 0.3 is 47.8 Å². The summed E-state index contributed by atoms with van der Waals surface area (Å²) in [5, 5.41) is 18.2. The molecule has 0 atom stereocenters. The van der Waals surface area contributed by atoms with Gasteiger partial charge in [0.1, 0.15) is 35.9 Å². The molecule has 0 unspecified atom stereocenters. The van der Waals surface area contributed by atoms with Gasteiger partial charge in [-0.1, -0.05) is 31.4 Å². The van der Waals surface area contributed by atoms with Crippen molar-refractivity contribution in [3.63, 3.8) is 0 Å². The van der Waals surface area contributed by atoms with E-state index in [0.717, 1.165) is 12.2 Å². The second kappa shape index (κ2) is 28.9. The third-order valence-corrected chi connectivity index (χ3v) is 6.21. The first-order valence-electron chi connectivity index (χ1n) is 16.7. The van der Waals surface area contributed by atoms with E-state index in [1.807, 2.05) is 0 Å². The van der Waals surface area contributed by atoms with Gasteiger partial charge in [-0.05, 0) is 43.9 Å². The van der Waals surface area contributed by atoms with Crippen LogP contribution in [-0.4, -0.2) is 124 Å². The molecule has 1 rings (SSSR count). The Balaban J connectivity index is 2.41. The van der Waals surface area contributed by atoms with Gasteiger partial charge in [0, 0.05) is 0 Å². The Morgan fingerprint density at radius 1 is 0.559 bits per heavy atom. The van der Waals surface area contributed by atoms with Crippen LogP contribution in [0.25, 0.3) is 0 Å². The molecule has 0 saturated heterocycles. The van der Waals surface area contributed by atoms with E-state index in [1.54, 1.807) is 0 Å². The smallest absolute Gasteiger partial charge is 0.349 e. The number of unbranched alkanes of at least 4 members (excludes halogenated alkanes) is 2. The molecule has 1 aromatic carbocycles. The summed E-state index contributed by atoms with van der Waals surface area (Å²) in [6.45, 7) is 0.816. The van der Waals surface area contributed by atoms with Crippen molar-refractivity contribution >= 4 is 47.8 Å². The van der Waals surface area contributed by atoms with Crippen molar-refractivity contribution < 1.29 is 101 Å². The zero-order chi connectivity index (χ0) is 44.0. The molecule has 1 aromatic rings. The summed E-state index contributed by atoms with van der Waals surface area (Å²) in [7, 11) is 0. The van der Waals surface area contributed by atoms with Gasteiger partial charge < -0.3 is 52.3 Å². The van der Waals surface area contributed by atoms with E-state index in [0.29, 0.717) is 0 Å². The lowest BCUT2D eigenvalue weighted by atomic mass is 10.2. The number of carbonyl (C=O) groups excluding carboxylic acids is 8. The molecular formula is C34H38N2O23. The zero-order valence-corrected chi connectivity index (χ0v) is 31.1. The third-order valence-electron chi connectivity index (χ3n) is 6.21. The third kappa shape index (κ3) is 23.3. The Labute approximate surface area is 332 Å². The molecule has 322 valence electrons. The van der Waals surface area contributed by atoms with Crippen molar-refractivity contribution in [2.24, 2.45) is 0 Å². The van der Waals surface area contributed by atoms with Crippen LogP contribution in [0.3, 0.4) is 0 Å². The van der Waals surface area contributed by atoms with Crippen LogP contribution in [0.1, 0.15) is 36.0 Å². The van der Waals surface area contributed by atoms with Crippen molar-refractivity contribution in [3.8, 4) is 5.75 Å². The van der Waals surface area contributed by atoms with E-state index < -0.39 is 109 Å². The first-order chi connectivity index (χ1) is 28.2. The highest BCUT2D eigenvalue weighted by molar-refractivity contribution is 5.95. The SMILES string of the molecule is C=C/C(OC(=O)COC(=O)COCC(=O)OCC(=O)Oc1ccccc1C(=O)OCC(=O)OCCCCO[N+](=O)[O-])=C(\C=C)C(=O)OCC(=O)OCCCCO[N+](=O)[O-]. The fourth-order valence-electron chi connectivity index (χ4n) is 3.65. The van der Waals surface area contributed by atoms with Crippen molar-refractivity contribution in [2.45, 2.75) is 25.7 Å². The Hall–Kier alpha value is -7.44. The minimum atomic E-state index is -1.21. The van der Waals surface area contributed by atoms with E-state index in [4.69, 9.17) is 37.9 Å². The molecule has 0 saturated carbocycles. The fourth-order valence-corrected chi connectivity index (χ4v) is 3.65. The van der Waals surface area contributed by atoms with Crippen LogP contribution in [-0.2, 0) is 81.1 Å². The number of para-hydroxylation sites is 1. The predicted octanol–water partition coefficient (Wildman–Crippen LogP) is 0.628. The number of ether oxygens (including phenoxy) is 9. The summed E-state index contributed by atoms with van der Waals surface area (Å²) >= 11 is 0. The Morgan fingerprint density at radius 3 is 1.56 bits per heavy atom. The summed E-state index contributed by atoms with van der Waals surface area (Å²) < 4.78 is 43.5. The van der Waals surface area contributed by atoms with Crippen molar-refractivity contribution in [3.05, 3.63) is 86.7 Å². The number of hydrogen-bond acceptors (Lipinski definition) is 23. The summed E-state index contributed by atoms with van der Waals surface area (Å²) in [5.74, 6) is -9.51. The average Bonchev–Trinajstić information content (AvgIpc) is 3.19.